The molecule has 1 N–H and O–H groups in total. The van der Waals surface area contributed by atoms with Gasteiger partial charge in [-0.15, -0.1) is 0 Å². The number of nitrogens with one attached hydrogen (secondary N) is 1. The first-order chi connectivity index (χ1) is 17.6. The van der Waals surface area contributed by atoms with Crippen molar-refractivity contribution in [3.05, 3.63) is 94.8 Å². The lowest BCUT2D eigenvalue weighted by Gasteiger charge is -2.33. The number of anilines is 1. The SMILES string of the molecule is CC[C@H](C(=O)NC)N(Cc1ccc(F)cc1)C(=O)CN(c1cccc(Cl)c1C)S(=O)(=O)c1ccccc1. The van der Waals surface area contributed by atoms with Crippen molar-refractivity contribution in [1.29, 1.82) is 0 Å². The topological polar surface area (TPSA) is 86.8 Å². The Morgan fingerprint density at radius 1 is 1.00 bits per heavy atom. The molecule has 0 aliphatic heterocycles. The van der Waals surface area contributed by atoms with E-state index in [1.165, 1.54) is 48.3 Å². The molecule has 0 saturated carbocycles. The van der Waals surface area contributed by atoms with Gasteiger partial charge in [0.05, 0.1) is 10.6 Å². The summed E-state index contributed by atoms with van der Waals surface area (Å²) in [7, 11) is -2.72. The van der Waals surface area contributed by atoms with Gasteiger partial charge in [-0.05, 0) is 60.9 Å². The molecule has 37 heavy (non-hydrogen) atoms. The molecule has 0 fully saturated rings. The molecule has 0 aliphatic carbocycles. The number of rotatable bonds is 10. The van der Waals surface area contributed by atoms with E-state index in [-0.39, 0.29) is 23.5 Å². The van der Waals surface area contributed by atoms with Crippen LogP contribution in [0.4, 0.5) is 10.1 Å². The molecule has 0 unspecified atom stereocenters. The van der Waals surface area contributed by atoms with Gasteiger partial charge in [0.2, 0.25) is 11.8 Å². The maximum absolute atomic E-state index is 13.8. The first kappa shape index (κ1) is 28.1. The van der Waals surface area contributed by atoms with Crippen LogP contribution in [0, 0.1) is 12.7 Å². The lowest BCUT2D eigenvalue weighted by Crippen LogP contribution is -2.51. The summed E-state index contributed by atoms with van der Waals surface area (Å²) in [4.78, 5) is 27.8. The fourth-order valence-electron chi connectivity index (χ4n) is 3.97. The quantitative estimate of drug-likeness (QED) is 0.405. The number of benzene rings is 3. The van der Waals surface area contributed by atoms with E-state index in [0.717, 1.165) is 4.31 Å². The number of nitrogens with zero attached hydrogens (tertiary/aromatic N) is 2. The van der Waals surface area contributed by atoms with Crippen molar-refractivity contribution in [2.24, 2.45) is 0 Å². The predicted octanol–water partition coefficient (Wildman–Crippen LogP) is 4.54. The van der Waals surface area contributed by atoms with Gasteiger partial charge in [0.15, 0.2) is 0 Å². The average molecular weight is 546 g/mol. The number of sulfonamides is 1. The van der Waals surface area contributed by atoms with Gasteiger partial charge in [-0.1, -0.05) is 54.9 Å². The highest BCUT2D eigenvalue weighted by molar-refractivity contribution is 7.92. The molecule has 196 valence electrons. The molecule has 0 aromatic heterocycles. The molecular weight excluding hydrogens is 517 g/mol. The summed E-state index contributed by atoms with van der Waals surface area (Å²) in [6, 6.07) is 17.3. The summed E-state index contributed by atoms with van der Waals surface area (Å²) in [5.41, 5.74) is 1.33. The Morgan fingerprint density at radius 2 is 1.65 bits per heavy atom. The van der Waals surface area contributed by atoms with Crippen molar-refractivity contribution >= 4 is 39.1 Å². The zero-order valence-electron chi connectivity index (χ0n) is 20.8. The summed E-state index contributed by atoms with van der Waals surface area (Å²) >= 11 is 6.31. The lowest BCUT2D eigenvalue weighted by atomic mass is 10.1. The highest BCUT2D eigenvalue weighted by atomic mass is 35.5. The molecule has 0 spiro atoms. The molecule has 3 rings (SSSR count). The van der Waals surface area contributed by atoms with Crippen molar-refractivity contribution in [3.63, 3.8) is 0 Å². The minimum Gasteiger partial charge on any atom is -0.357 e. The van der Waals surface area contributed by atoms with Gasteiger partial charge >= 0.3 is 0 Å². The van der Waals surface area contributed by atoms with Gasteiger partial charge in [-0.2, -0.15) is 0 Å². The van der Waals surface area contributed by atoms with Crippen LogP contribution >= 0.6 is 11.6 Å². The number of amides is 2. The van der Waals surface area contributed by atoms with E-state index in [9.17, 15) is 22.4 Å². The van der Waals surface area contributed by atoms with E-state index in [2.05, 4.69) is 5.32 Å². The Labute approximate surface area is 221 Å². The second-order valence-electron chi connectivity index (χ2n) is 8.40. The van der Waals surface area contributed by atoms with E-state index < -0.39 is 40.2 Å². The van der Waals surface area contributed by atoms with E-state index in [0.29, 0.717) is 16.1 Å². The summed E-state index contributed by atoms with van der Waals surface area (Å²) in [6.07, 6.45) is 0.286. The number of carbonyl (C=O) groups excluding carboxylic acids is 2. The molecule has 0 radical (unpaired) electrons. The maximum Gasteiger partial charge on any atom is 0.264 e. The molecule has 2 amide bonds. The number of carbonyl (C=O) groups is 2. The number of hydrogen-bond acceptors (Lipinski definition) is 4. The van der Waals surface area contributed by atoms with Crippen LogP contribution in [0.2, 0.25) is 5.02 Å². The van der Waals surface area contributed by atoms with Crippen LogP contribution < -0.4 is 9.62 Å². The average Bonchev–Trinajstić information content (AvgIpc) is 2.90. The molecular formula is C27H29ClFN3O4S. The molecule has 3 aromatic rings. The van der Waals surface area contributed by atoms with E-state index in [1.807, 2.05) is 0 Å². The molecule has 10 heteroatoms. The van der Waals surface area contributed by atoms with Gasteiger partial charge in [-0.3, -0.25) is 13.9 Å². The second-order valence-corrected chi connectivity index (χ2v) is 10.7. The monoisotopic (exact) mass is 545 g/mol. The Kier molecular flexibility index (Phi) is 9.29. The van der Waals surface area contributed by atoms with Gasteiger partial charge in [-0.25, -0.2) is 12.8 Å². The Balaban J connectivity index is 2.09. The highest BCUT2D eigenvalue weighted by Gasteiger charge is 2.34. The van der Waals surface area contributed by atoms with Crippen LogP contribution in [0.1, 0.15) is 24.5 Å². The molecule has 0 heterocycles. The van der Waals surface area contributed by atoms with Crippen LogP contribution in [0.5, 0.6) is 0 Å². The van der Waals surface area contributed by atoms with Gasteiger partial charge in [0.1, 0.15) is 18.4 Å². The first-order valence-corrected chi connectivity index (χ1v) is 13.5. The van der Waals surface area contributed by atoms with E-state index >= 15 is 0 Å². The standard InChI is InChI=1S/C27H29ClFN3O4S/c1-4-24(27(34)30-3)31(17-20-13-15-21(29)16-14-20)26(33)18-32(25-12-8-11-23(28)19(25)2)37(35,36)22-9-6-5-7-10-22/h5-16,24H,4,17-18H2,1-3H3,(H,30,34)/t24-/m1/s1. The molecule has 3 aromatic carbocycles. The molecule has 1 atom stereocenters. The van der Waals surface area contributed by atoms with Crippen molar-refractivity contribution in [3.8, 4) is 0 Å². The van der Waals surface area contributed by atoms with Crippen LogP contribution in [-0.4, -0.2) is 44.8 Å². The smallest absolute Gasteiger partial charge is 0.264 e. The third-order valence-electron chi connectivity index (χ3n) is 6.02. The van der Waals surface area contributed by atoms with E-state index in [1.54, 1.807) is 50.2 Å². The number of hydrogen-bond donors (Lipinski definition) is 1. The zero-order chi connectivity index (χ0) is 27.2. The summed E-state index contributed by atoms with van der Waals surface area (Å²) in [5.74, 6) is -1.43. The number of likely N-dealkylation sites (N-methyl/N-ethyl adjacent to an activating group) is 1. The summed E-state index contributed by atoms with van der Waals surface area (Å²) in [6.45, 7) is 2.83. The second kappa shape index (κ2) is 12.2. The normalized spacial score (nSPS) is 12.0. The predicted molar refractivity (Wildman–Crippen MR) is 142 cm³/mol. The van der Waals surface area contributed by atoms with Crippen molar-refractivity contribution < 1.29 is 22.4 Å². The largest absolute Gasteiger partial charge is 0.357 e. The van der Waals surface area contributed by atoms with Crippen molar-refractivity contribution in [1.82, 2.24) is 10.2 Å². The zero-order valence-corrected chi connectivity index (χ0v) is 22.4. The van der Waals surface area contributed by atoms with Crippen LogP contribution in [-0.2, 0) is 26.2 Å². The minimum atomic E-state index is -4.18. The lowest BCUT2D eigenvalue weighted by molar-refractivity contribution is -0.140. The Hall–Kier alpha value is -3.43. The Bertz CT molecular complexity index is 1350. The third-order valence-corrected chi connectivity index (χ3v) is 8.20. The fourth-order valence-corrected chi connectivity index (χ4v) is 5.63. The van der Waals surface area contributed by atoms with Crippen molar-refractivity contribution in [2.75, 3.05) is 17.9 Å². The fraction of sp³-hybridized carbons (Fsp3) is 0.259. The molecule has 0 bridgehead atoms. The van der Waals surface area contributed by atoms with Gasteiger partial charge in [0.25, 0.3) is 10.0 Å². The Morgan fingerprint density at radius 3 is 2.24 bits per heavy atom. The summed E-state index contributed by atoms with van der Waals surface area (Å²) < 4.78 is 42.0. The molecule has 7 nitrogen and oxygen atoms in total. The highest BCUT2D eigenvalue weighted by Crippen LogP contribution is 2.31. The van der Waals surface area contributed by atoms with E-state index in [4.69, 9.17) is 11.6 Å². The van der Waals surface area contributed by atoms with Crippen LogP contribution in [0.15, 0.2) is 77.7 Å². The number of halogens is 2. The van der Waals surface area contributed by atoms with Crippen molar-refractivity contribution in [2.45, 2.75) is 37.8 Å². The molecule has 0 aliphatic rings. The maximum atomic E-state index is 13.8. The third kappa shape index (κ3) is 6.47. The van der Waals surface area contributed by atoms with Crippen LogP contribution in [0.25, 0.3) is 0 Å². The minimum absolute atomic E-state index is 0.00519. The summed E-state index contributed by atoms with van der Waals surface area (Å²) in [5, 5.41) is 2.91. The van der Waals surface area contributed by atoms with Gasteiger partial charge in [0, 0.05) is 18.6 Å². The van der Waals surface area contributed by atoms with Gasteiger partial charge < -0.3 is 10.2 Å². The molecule has 0 saturated heterocycles. The van der Waals surface area contributed by atoms with Crippen LogP contribution in [0.3, 0.4) is 0 Å². The first-order valence-electron chi connectivity index (χ1n) is 11.7.